The molecule has 0 bridgehead atoms. The van der Waals surface area contributed by atoms with Gasteiger partial charge >= 0.3 is 5.97 Å². The summed E-state index contributed by atoms with van der Waals surface area (Å²) >= 11 is 3.46. The normalized spacial score (nSPS) is 18.9. The Morgan fingerprint density at radius 2 is 2.14 bits per heavy atom. The number of carboxylic acid groups (broad SMARTS) is 1. The first kappa shape index (κ1) is 14.1. The number of fused-ring (bicyclic) bond motifs is 1. The van der Waals surface area contributed by atoms with Gasteiger partial charge in [-0.25, -0.2) is 4.79 Å². The molecule has 1 amide bonds. The van der Waals surface area contributed by atoms with Crippen LogP contribution in [0.4, 0.5) is 0 Å². The zero-order valence-electron chi connectivity index (χ0n) is 11.3. The first-order valence-corrected chi connectivity index (χ1v) is 7.68. The van der Waals surface area contributed by atoms with Gasteiger partial charge in [-0.2, -0.15) is 0 Å². The summed E-state index contributed by atoms with van der Waals surface area (Å²) in [4.78, 5) is 28.7. The Balaban J connectivity index is 2.01. The van der Waals surface area contributed by atoms with Crippen molar-refractivity contribution < 1.29 is 14.7 Å². The van der Waals surface area contributed by atoms with E-state index in [0.29, 0.717) is 18.5 Å². The lowest BCUT2D eigenvalue weighted by atomic mass is 10.0. The van der Waals surface area contributed by atoms with Crippen LogP contribution in [0, 0.1) is 0 Å². The zero-order valence-corrected chi connectivity index (χ0v) is 12.9. The van der Waals surface area contributed by atoms with E-state index in [4.69, 9.17) is 0 Å². The van der Waals surface area contributed by atoms with Crippen molar-refractivity contribution in [3.8, 4) is 0 Å². The van der Waals surface area contributed by atoms with E-state index in [9.17, 15) is 14.7 Å². The maximum atomic E-state index is 12.8. The van der Waals surface area contributed by atoms with Crippen molar-refractivity contribution in [2.75, 3.05) is 6.54 Å². The van der Waals surface area contributed by atoms with Crippen LogP contribution in [0.5, 0.6) is 0 Å². The van der Waals surface area contributed by atoms with Gasteiger partial charge in [0.25, 0.3) is 5.91 Å². The first-order chi connectivity index (χ1) is 10.1. The van der Waals surface area contributed by atoms with E-state index in [2.05, 4.69) is 20.9 Å². The minimum absolute atomic E-state index is 0.222. The molecule has 2 N–H and O–H groups in total. The number of rotatable bonds is 2. The number of benzene rings is 1. The molecule has 3 rings (SSSR count). The zero-order chi connectivity index (χ0) is 15.0. The molecule has 2 aromatic rings. The molecule has 21 heavy (non-hydrogen) atoms. The third kappa shape index (κ3) is 2.44. The number of amides is 1. The predicted molar refractivity (Wildman–Crippen MR) is 82.3 cm³/mol. The summed E-state index contributed by atoms with van der Waals surface area (Å²) in [5, 5.41) is 10.1. The largest absolute Gasteiger partial charge is 0.480 e. The smallest absolute Gasteiger partial charge is 0.326 e. The van der Waals surface area contributed by atoms with Crippen molar-refractivity contribution in [3.63, 3.8) is 0 Å². The third-order valence-electron chi connectivity index (χ3n) is 3.93. The highest BCUT2D eigenvalue weighted by atomic mass is 79.9. The minimum Gasteiger partial charge on any atom is -0.480 e. The van der Waals surface area contributed by atoms with E-state index >= 15 is 0 Å². The number of likely N-dealkylation sites (tertiary alicyclic amines) is 1. The van der Waals surface area contributed by atoms with Crippen LogP contribution < -0.4 is 0 Å². The summed E-state index contributed by atoms with van der Waals surface area (Å²) in [5.74, 6) is -1.15. The van der Waals surface area contributed by atoms with Crippen molar-refractivity contribution in [1.29, 1.82) is 0 Å². The van der Waals surface area contributed by atoms with Crippen LogP contribution in [0.15, 0.2) is 28.9 Å². The van der Waals surface area contributed by atoms with Gasteiger partial charge in [0.1, 0.15) is 6.04 Å². The standard InChI is InChI=1S/C15H15BrN2O3/c16-10-4-3-5-11-13(10)9(8-17-11)14(19)18-7-2-1-6-12(18)15(20)21/h3-5,8,12,17H,1-2,6-7H2,(H,20,21)/t12-/m1/s1. The van der Waals surface area contributed by atoms with Gasteiger partial charge in [-0.15, -0.1) is 0 Å². The molecule has 0 radical (unpaired) electrons. The van der Waals surface area contributed by atoms with Crippen LogP contribution in [-0.4, -0.2) is 39.5 Å². The number of hydrogen-bond donors (Lipinski definition) is 2. The Morgan fingerprint density at radius 1 is 1.33 bits per heavy atom. The van der Waals surface area contributed by atoms with Crippen molar-refractivity contribution >= 4 is 38.7 Å². The molecule has 0 saturated carbocycles. The molecule has 0 unspecified atom stereocenters. The summed E-state index contributed by atoms with van der Waals surface area (Å²) in [6.45, 7) is 0.493. The molecule has 1 aliphatic heterocycles. The highest BCUT2D eigenvalue weighted by Gasteiger charge is 2.33. The van der Waals surface area contributed by atoms with E-state index in [1.807, 2.05) is 18.2 Å². The molecule has 6 heteroatoms. The topological polar surface area (TPSA) is 73.4 Å². The van der Waals surface area contributed by atoms with Gasteiger partial charge in [0.05, 0.1) is 5.56 Å². The molecule has 1 aromatic heterocycles. The molecule has 2 heterocycles. The summed E-state index contributed by atoms with van der Waals surface area (Å²) in [6.07, 6.45) is 3.87. The van der Waals surface area contributed by atoms with Crippen molar-refractivity contribution in [3.05, 3.63) is 34.4 Å². The van der Waals surface area contributed by atoms with E-state index in [-0.39, 0.29) is 5.91 Å². The fourth-order valence-corrected chi connectivity index (χ4v) is 3.47. The van der Waals surface area contributed by atoms with Crippen molar-refractivity contribution in [2.45, 2.75) is 25.3 Å². The van der Waals surface area contributed by atoms with Crippen LogP contribution in [0.1, 0.15) is 29.6 Å². The van der Waals surface area contributed by atoms with E-state index in [1.54, 1.807) is 6.20 Å². The molecular formula is C15H15BrN2O3. The predicted octanol–water partition coefficient (Wildman–Crippen LogP) is 3.01. The Hall–Kier alpha value is -1.82. The maximum absolute atomic E-state index is 12.8. The second kappa shape index (κ2) is 5.52. The van der Waals surface area contributed by atoms with E-state index in [0.717, 1.165) is 28.2 Å². The number of halogens is 1. The van der Waals surface area contributed by atoms with E-state index < -0.39 is 12.0 Å². The molecule has 0 aliphatic carbocycles. The second-order valence-corrected chi connectivity index (χ2v) is 6.07. The van der Waals surface area contributed by atoms with Gasteiger partial charge in [-0.3, -0.25) is 4.79 Å². The lowest BCUT2D eigenvalue weighted by Gasteiger charge is -2.32. The molecule has 110 valence electrons. The average Bonchev–Trinajstić information content (AvgIpc) is 2.92. The van der Waals surface area contributed by atoms with Crippen LogP contribution in [0.3, 0.4) is 0 Å². The SMILES string of the molecule is O=C(O)[C@H]1CCCCN1C(=O)c1c[nH]c2cccc(Br)c12. The Kier molecular flexibility index (Phi) is 3.71. The molecule has 1 atom stereocenters. The van der Waals surface area contributed by atoms with Crippen molar-refractivity contribution in [1.82, 2.24) is 9.88 Å². The van der Waals surface area contributed by atoms with Crippen LogP contribution >= 0.6 is 15.9 Å². The molecule has 1 saturated heterocycles. The first-order valence-electron chi connectivity index (χ1n) is 6.89. The number of H-pyrrole nitrogens is 1. The Morgan fingerprint density at radius 3 is 2.90 bits per heavy atom. The number of aromatic nitrogens is 1. The second-order valence-electron chi connectivity index (χ2n) is 5.21. The minimum atomic E-state index is -0.929. The van der Waals surface area contributed by atoms with Gasteiger partial charge in [-0.05, 0) is 31.4 Å². The van der Waals surface area contributed by atoms with Gasteiger partial charge in [0.15, 0.2) is 0 Å². The number of carboxylic acids is 1. The third-order valence-corrected chi connectivity index (χ3v) is 4.59. The lowest BCUT2D eigenvalue weighted by Crippen LogP contribution is -2.47. The molecular weight excluding hydrogens is 336 g/mol. The quantitative estimate of drug-likeness (QED) is 0.874. The molecule has 1 aromatic carbocycles. The van der Waals surface area contributed by atoms with Crippen LogP contribution in [0.25, 0.3) is 10.9 Å². The number of carbonyl (C=O) groups is 2. The van der Waals surface area contributed by atoms with Crippen molar-refractivity contribution in [2.24, 2.45) is 0 Å². The Bertz CT molecular complexity index is 710. The van der Waals surface area contributed by atoms with Gasteiger partial charge in [-0.1, -0.05) is 22.0 Å². The monoisotopic (exact) mass is 350 g/mol. The number of hydrogen-bond acceptors (Lipinski definition) is 2. The summed E-state index contributed by atoms with van der Waals surface area (Å²) in [5.41, 5.74) is 1.38. The number of piperidine rings is 1. The molecule has 1 aliphatic rings. The fraction of sp³-hybridized carbons (Fsp3) is 0.333. The Labute approximate surface area is 130 Å². The number of aliphatic carboxylic acids is 1. The maximum Gasteiger partial charge on any atom is 0.326 e. The summed E-state index contributed by atoms with van der Waals surface area (Å²) < 4.78 is 0.827. The number of nitrogens with one attached hydrogen (secondary N) is 1. The van der Waals surface area contributed by atoms with Gasteiger partial charge < -0.3 is 15.0 Å². The molecule has 1 fully saturated rings. The number of nitrogens with zero attached hydrogens (tertiary/aromatic N) is 1. The van der Waals surface area contributed by atoms with E-state index in [1.165, 1.54) is 4.90 Å². The summed E-state index contributed by atoms with van der Waals surface area (Å²) in [7, 11) is 0. The average molecular weight is 351 g/mol. The van der Waals surface area contributed by atoms with Gasteiger partial charge in [0, 0.05) is 28.1 Å². The fourth-order valence-electron chi connectivity index (χ4n) is 2.90. The lowest BCUT2D eigenvalue weighted by molar-refractivity contribution is -0.143. The number of aromatic amines is 1. The highest BCUT2D eigenvalue weighted by Crippen LogP contribution is 2.29. The van der Waals surface area contributed by atoms with Gasteiger partial charge in [0.2, 0.25) is 0 Å². The van der Waals surface area contributed by atoms with Crippen LogP contribution in [-0.2, 0) is 4.79 Å². The molecule has 0 spiro atoms. The highest BCUT2D eigenvalue weighted by molar-refractivity contribution is 9.10. The number of carbonyl (C=O) groups excluding carboxylic acids is 1. The molecule has 5 nitrogen and oxygen atoms in total. The van der Waals surface area contributed by atoms with Crippen LogP contribution in [0.2, 0.25) is 0 Å². The summed E-state index contributed by atoms with van der Waals surface area (Å²) in [6, 6.07) is 4.93.